The Morgan fingerprint density at radius 3 is 2.62 bits per heavy atom. The summed E-state index contributed by atoms with van der Waals surface area (Å²) in [5.74, 6) is -1.02. The molecule has 0 bridgehead atoms. The van der Waals surface area contributed by atoms with Crippen LogP contribution in [0.4, 0.5) is 0 Å². The summed E-state index contributed by atoms with van der Waals surface area (Å²) in [6.07, 6.45) is 0. The predicted octanol–water partition coefficient (Wildman–Crippen LogP) is 2.31. The van der Waals surface area contributed by atoms with Crippen molar-refractivity contribution in [1.29, 1.82) is 0 Å². The first kappa shape index (κ1) is 17.3. The average Bonchev–Trinajstić information content (AvgIpc) is 2.45. The van der Waals surface area contributed by atoms with Gasteiger partial charge in [0.25, 0.3) is 5.91 Å². The van der Waals surface area contributed by atoms with Gasteiger partial charge in [-0.1, -0.05) is 6.92 Å². The quantitative estimate of drug-likeness (QED) is 0.780. The number of carbonyl (C=O) groups is 2. The molecule has 1 atom stereocenters. The Labute approximate surface area is 131 Å². The molecule has 1 aromatic carbocycles. The number of rotatable bonds is 7. The highest BCUT2D eigenvalue weighted by Gasteiger charge is 2.17. The minimum atomic E-state index is -0.958. The van der Waals surface area contributed by atoms with Gasteiger partial charge >= 0.3 is 5.97 Å². The molecule has 1 amide bonds. The molecule has 116 valence electrons. The number of carboxylic acid groups (broad SMARTS) is 1. The highest BCUT2D eigenvalue weighted by Crippen LogP contribution is 2.36. The first-order valence-corrected chi connectivity index (χ1v) is 7.21. The van der Waals surface area contributed by atoms with Gasteiger partial charge in [0.1, 0.15) is 0 Å². The summed E-state index contributed by atoms with van der Waals surface area (Å²) >= 11 is 3.33. The summed E-state index contributed by atoms with van der Waals surface area (Å²) in [7, 11) is 1.48. The molecule has 0 aliphatic carbocycles. The molecule has 6 nitrogen and oxygen atoms in total. The number of methoxy groups -OCH3 is 1. The lowest BCUT2D eigenvalue weighted by Crippen LogP contribution is -2.31. The van der Waals surface area contributed by atoms with Crippen LogP contribution in [0.3, 0.4) is 0 Å². The number of halogens is 1. The van der Waals surface area contributed by atoms with Crippen LogP contribution in [0, 0.1) is 5.92 Å². The van der Waals surface area contributed by atoms with Gasteiger partial charge < -0.3 is 19.9 Å². The topological polar surface area (TPSA) is 84.9 Å². The molecule has 0 heterocycles. The maximum absolute atomic E-state index is 12.0. The third-order valence-electron chi connectivity index (χ3n) is 2.77. The molecule has 0 saturated carbocycles. The third-order valence-corrected chi connectivity index (χ3v) is 3.36. The Morgan fingerprint density at radius 2 is 2.10 bits per heavy atom. The van der Waals surface area contributed by atoms with Crippen molar-refractivity contribution in [3.63, 3.8) is 0 Å². The van der Waals surface area contributed by atoms with Gasteiger partial charge in [0, 0.05) is 12.1 Å². The van der Waals surface area contributed by atoms with E-state index in [0.29, 0.717) is 28.1 Å². The van der Waals surface area contributed by atoms with Crippen LogP contribution in [0.15, 0.2) is 16.6 Å². The molecule has 0 aromatic heterocycles. The molecule has 1 rings (SSSR count). The van der Waals surface area contributed by atoms with Crippen LogP contribution in [0.1, 0.15) is 24.2 Å². The minimum absolute atomic E-state index is 0.0569. The maximum Gasteiger partial charge on any atom is 0.308 e. The summed E-state index contributed by atoms with van der Waals surface area (Å²) in [6, 6.07) is 3.16. The van der Waals surface area contributed by atoms with Crippen LogP contribution in [-0.4, -0.2) is 37.2 Å². The van der Waals surface area contributed by atoms with Gasteiger partial charge in [-0.2, -0.15) is 0 Å². The van der Waals surface area contributed by atoms with Gasteiger partial charge in [-0.05, 0) is 35.0 Å². The smallest absolute Gasteiger partial charge is 0.308 e. The fourth-order valence-corrected chi connectivity index (χ4v) is 2.13. The maximum atomic E-state index is 12.0. The number of ether oxygens (including phenoxy) is 2. The number of hydrogen-bond acceptors (Lipinski definition) is 4. The second-order valence-corrected chi connectivity index (χ2v) is 5.23. The van der Waals surface area contributed by atoms with E-state index < -0.39 is 11.9 Å². The molecular weight excluding hydrogens is 342 g/mol. The summed E-state index contributed by atoms with van der Waals surface area (Å²) in [4.78, 5) is 22.8. The molecule has 0 aliphatic rings. The number of hydrogen-bond donors (Lipinski definition) is 2. The molecule has 0 aliphatic heterocycles. The van der Waals surface area contributed by atoms with Crippen LogP contribution in [0.5, 0.6) is 11.5 Å². The SMILES string of the molecule is CCOc1c(Br)cc(C(=O)NCC(C)C(=O)O)cc1OC. The Bertz CT molecular complexity index is 532. The Hall–Kier alpha value is -1.76. The van der Waals surface area contributed by atoms with Gasteiger partial charge in [0.05, 0.1) is 24.1 Å². The first-order chi connectivity index (χ1) is 9.90. The second-order valence-electron chi connectivity index (χ2n) is 4.37. The van der Waals surface area contributed by atoms with Crippen LogP contribution in [0.25, 0.3) is 0 Å². The van der Waals surface area contributed by atoms with Gasteiger partial charge in [0.15, 0.2) is 11.5 Å². The molecule has 0 saturated heterocycles. The first-order valence-electron chi connectivity index (χ1n) is 6.42. The lowest BCUT2D eigenvalue weighted by Gasteiger charge is -2.14. The lowest BCUT2D eigenvalue weighted by molar-refractivity contribution is -0.140. The number of benzene rings is 1. The van der Waals surface area contributed by atoms with Gasteiger partial charge in [-0.15, -0.1) is 0 Å². The van der Waals surface area contributed by atoms with E-state index in [0.717, 1.165) is 0 Å². The van der Waals surface area contributed by atoms with Crippen molar-refractivity contribution in [3.05, 3.63) is 22.2 Å². The van der Waals surface area contributed by atoms with Crippen LogP contribution < -0.4 is 14.8 Å². The van der Waals surface area contributed by atoms with E-state index in [4.69, 9.17) is 14.6 Å². The van der Waals surface area contributed by atoms with Crippen molar-refractivity contribution >= 4 is 27.8 Å². The molecule has 21 heavy (non-hydrogen) atoms. The normalized spacial score (nSPS) is 11.6. The lowest BCUT2D eigenvalue weighted by atomic mass is 10.1. The van der Waals surface area contributed by atoms with Crippen molar-refractivity contribution in [1.82, 2.24) is 5.32 Å². The zero-order valence-electron chi connectivity index (χ0n) is 12.1. The standard InChI is InChI=1S/C14H18BrNO5/c1-4-21-12-10(15)5-9(6-11(12)20-3)13(17)16-7-8(2)14(18)19/h5-6,8H,4,7H2,1-3H3,(H,16,17)(H,18,19). The molecule has 7 heteroatoms. The van der Waals surface area contributed by atoms with E-state index in [-0.39, 0.29) is 12.5 Å². The van der Waals surface area contributed by atoms with E-state index >= 15 is 0 Å². The Balaban J connectivity index is 2.90. The van der Waals surface area contributed by atoms with Crippen LogP contribution in [0.2, 0.25) is 0 Å². The number of aliphatic carboxylic acids is 1. The van der Waals surface area contributed by atoms with Gasteiger partial charge in [0.2, 0.25) is 0 Å². The van der Waals surface area contributed by atoms with Crippen LogP contribution >= 0.6 is 15.9 Å². The van der Waals surface area contributed by atoms with E-state index in [1.807, 2.05) is 6.92 Å². The fourth-order valence-electron chi connectivity index (χ4n) is 1.57. The number of carboxylic acids is 1. The summed E-state index contributed by atoms with van der Waals surface area (Å²) in [5, 5.41) is 11.4. The Kier molecular flexibility index (Phi) is 6.48. The van der Waals surface area contributed by atoms with Crippen molar-refractivity contribution in [2.24, 2.45) is 5.92 Å². The van der Waals surface area contributed by atoms with E-state index in [1.54, 1.807) is 12.1 Å². The van der Waals surface area contributed by atoms with Gasteiger partial charge in [-0.25, -0.2) is 0 Å². The van der Waals surface area contributed by atoms with E-state index in [1.165, 1.54) is 14.0 Å². The number of nitrogens with one attached hydrogen (secondary N) is 1. The predicted molar refractivity (Wildman–Crippen MR) is 81.0 cm³/mol. The third kappa shape index (κ3) is 4.63. The van der Waals surface area contributed by atoms with Crippen molar-refractivity contribution in [2.75, 3.05) is 20.3 Å². The minimum Gasteiger partial charge on any atom is -0.493 e. The van der Waals surface area contributed by atoms with E-state index in [2.05, 4.69) is 21.2 Å². The zero-order valence-corrected chi connectivity index (χ0v) is 13.7. The largest absolute Gasteiger partial charge is 0.493 e. The van der Waals surface area contributed by atoms with Gasteiger partial charge in [-0.3, -0.25) is 9.59 Å². The van der Waals surface area contributed by atoms with E-state index in [9.17, 15) is 9.59 Å². The monoisotopic (exact) mass is 359 g/mol. The molecule has 0 fully saturated rings. The number of amides is 1. The highest BCUT2D eigenvalue weighted by atomic mass is 79.9. The summed E-state index contributed by atoms with van der Waals surface area (Å²) in [5.41, 5.74) is 0.361. The molecule has 0 radical (unpaired) electrons. The summed E-state index contributed by atoms with van der Waals surface area (Å²) < 4.78 is 11.2. The Morgan fingerprint density at radius 1 is 1.43 bits per heavy atom. The summed E-state index contributed by atoms with van der Waals surface area (Å²) in [6.45, 7) is 3.90. The van der Waals surface area contributed by atoms with Crippen molar-refractivity contribution < 1.29 is 24.2 Å². The fraction of sp³-hybridized carbons (Fsp3) is 0.429. The number of carbonyl (C=O) groups excluding carboxylic acids is 1. The second kappa shape index (κ2) is 7.87. The molecule has 0 spiro atoms. The molecule has 2 N–H and O–H groups in total. The average molecular weight is 360 g/mol. The zero-order chi connectivity index (χ0) is 16.0. The molecular formula is C14H18BrNO5. The highest BCUT2D eigenvalue weighted by molar-refractivity contribution is 9.10. The van der Waals surface area contributed by atoms with Crippen molar-refractivity contribution in [2.45, 2.75) is 13.8 Å². The van der Waals surface area contributed by atoms with Crippen molar-refractivity contribution in [3.8, 4) is 11.5 Å². The molecule has 1 unspecified atom stereocenters. The van der Waals surface area contributed by atoms with Crippen LogP contribution in [-0.2, 0) is 4.79 Å². The molecule has 1 aromatic rings.